The Morgan fingerprint density at radius 2 is 2.38 bits per heavy atom. The van der Waals surface area contributed by atoms with Gasteiger partial charge in [-0.15, -0.1) is 0 Å². The van der Waals surface area contributed by atoms with E-state index in [0.29, 0.717) is 12.8 Å². The van der Waals surface area contributed by atoms with E-state index in [9.17, 15) is 4.79 Å². The Hall–Kier alpha value is -0.650. The summed E-state index contributed by atoms with van der Waals surface area (Å²) in [6, 6.07) is 0.290. The lowest BCUT2D eigenvalue weighted by Crippen LogP contribution is -2.47. The highest BCUT2D eigenvalue weighted by molar-refractivity contribution is 5.79. The van der Waals surface area contributed by atoms with Gasteiger partial charge in [0, 0.05) is 26.3 Å². The molecule has 5 heteroatoms. The van der Waals surface area contributed by atoms with Crippen molar-refractivity contribution in [2.45, 2.75) is 37.3 Å². The Labute approximate surface area is 96.6 Å². The zero-order valence-corrected chi connectivity index (χ0v) is 10.1. The molecule has 3 N–H and O–H groups in total. The molecule has 2 unspecified atom stereocenters. The molecular formula is C11H22N2O3. The summed E-state index contributed by atoms with van der Waals surface area (Å²) in [5.74, 6) is -0.875. The minimum atomic E-state index is -1.01. The van der Waals surface area contributed by atoms with E-state index in [1.807, 2.05) is 7.05 Å². The molecule has 0 aromatic carbocycles. The number of rotatable bonds is 6. The van der Waals surface area contributed by atoms with Gasteiger partial charge in [0.05, 0.1) is 0 Å². The Bertz CT molecular complexity index is 247. The van der Waals surface area contributed by atoms with Gasteiger partial charge in [0.15, 0.2) is 0 Å². The van der Waals surface area contributed by atoms with Gasteiger partial charge >= 0.3 is 5.97 Å². The van der Waals surface area contributed by atoms with Crippen LogP contribution in [0.4, 0.5) is 0 Å². The molecule has 1 fully saturated rings. The van der Waals surface area contributed by atoms with Gasteiger partial charge in [-0.3, -0.25) is 4.79 Å². The number of carbonyl (C=O) groups is 1. The topological polar surface area (TPSA) is 75.8 Å². The van der Waals surface area contributed by atoms with Crippen LogP contribution in [0.15, 0.2) is 0 Å². The molecule has 1 saturated carbocycles. The second-order valence-corrected chi connectivity index (χ2v) is 4.68. The van der Waals surface area contributed by atoms with Crippen LogP contribution in [0.2, 0.25) is 0 Å². The first-order valence-electron chi connectivity index (χ1n) is 5.71. The van der Waals surface area contributed by atoms with Crippen molar-refractivity contribution in [3.8, 4) is 0 Å². The number of methoxy groups -OCH3 is 1. The van der Waals surface area contributed by atoms with Crippen molar-refractivity contribution in [2.24, 2.45) is 5.73 Å². The summed E-state index contributed by atoms with van der Waals surface area (Å²) < 4.78 is 4.99. The molecule has 94 valence electrons. The molecule has 0 bridgehead atoms. The smallest absolute Gasteiger partial charge is 0.323 e. The molecular weight excluding hydrogens is 208 g/mol. The Balaban J connectivity index is 2.37. The lowest BCUT2D eigenvalue weighted by molar-refractivity contribution is -0.143. The van der Waals surface area contributed by atoms with Crippen LogP contribution < -0.4 is 5.73 Å². The number of aliphatic carboxylic acids is 1. The van der Waals surface area contributed by atoms with Gasteiger partial charge in [0.2, 0.25) is 0 Å². The van der Waals surface area contributed by atoms with Crippen molar-refractivity contribution in [1.82, 2.24) is 4.90 Å². The quantitative estimate of drug-likeness (QED) is 0.641. The van der Waals surface area contributed by atoms with Crippen molar-refractivity contribution in [3.63, 3.8) is 0 Å². The number of ether oxygens (including phenoxy) is 1. The van der Waals surface area contributed by atoms with Gasteiger partial charge in [-0.25, -0.2) is 0 Å². The lowest BCUT2D eigenvalue weighted by Gasteiger charge is -2.25. The number of nitrogens with two attached hydrogens (primary N) is 1. The van der Waals surface area contributed by atoms with Crippen molar-refractivity contribution in [1.29, 1.82) is 0 Å². The maximum Gasteiger partial charge on any atom is 0.323 e. The number of hydrogen-bond donors (Lipinski definition) is 2. The monoisotopic (exact) mass is 230 g/mol. The van der Waals surface area contributed by atoms with Crippen molar-refractivity contribution < 1.29 is 14.6 Å². The SMILES string of the molecule is COCCCN(C)C1CCC(N)(C(=O)O)C1. The number of nitrogens with zero attached hydrogens (tertiary/aromatic N) is 1. The van der Waals surface area contributed by atoms with E-state index in [4.69, 9.17) is 15.6 Å². The zero-order valence-electron chi connectivity index (χ0n) is 10.1. The standard InChI is InChI=1S/C11H22N2O3/c1-13(6-3-7-16-2)9-4-5-11(12,8-9)10(14)15/h9H,3-8,12H2,1-2H3,(H,14,15). The van der Waals surface area contributed by atoms with Gasteiger partial charge in [0.1, 0.15) is 5.54 Å². The summed E-state index contributed by atoms with van der Waals surface area (Å²) in [6.45, 7) is 1.66. The molecule has 0 radical (unpaired) electrons. The number of carboxylic acids is 1. The fourth-order valence-electron chi connectivity index (χ4n) is 2.26. The first-order valence-corrected chi connectivity index (χ1v) is 5.71. The fourth-order valence-corrected chi connectivity index (χ4v) is 2.26. The Kier molecular flexibility index (Phi) is 4.70. The minimum Gasteiger partial charge on any atom is -0.480 e. The maximum atomic E-state index is 11.0. The molecule has 0 aromatic heterocycles. The van der Waals surface area contributed by atoms with Crippen molar-refractivity contribution in [3.05, 3.63) is 0 Å². The largest absolute Gasteiger partial charge is 0.480 e. The van der Waals surface area contributed by atoms with Crippen LogP contribution in [0.5, 0.6) is 0 Å². The molecule has 0 aliphatic heterocycles. The molecule has 0 aromatic rings. The van der Waals surface area contributed by atoms with Gasteiger partial charge in [-0.1, -0.05) is 0 Å². The number of carboxylic acid groups (broad SMARTS) is 1. The highest BCUT2D eigenvalue weighted by atomic mass is 16.5. The van der Waals surface area contributed by atoms with Gasteiger partial charge < -0.3 is 20.5 Å². The van der Waals surface area contributed by atoms with Crippen LogP contribution in [0.25, 0.3) is 0 Å². The molecule has 2 atom stereocenters. The van der Waals surface area contributed by atoms with E-state index in [1.165, 1.54) is 0 Å². The highest BCUT2D eigenvalue weighted by Gasteiger charge is 2.43. The molecule has 1 aliphatic carbocycles. The van der Waals surface area contributed by atoms with Gasteiger partial charge in [-0.2, -0.15) is 0 Å². The van der Waals surface area contributed by atoms with Crippen LogP contribution in [0.1, 0.15) is 25.7 Å². The van der Waals surface area contributed by atoms with E-state index >= 15 is 0 Å². The van der Waals surface area contributed by atoms with Crippen LogP contribution in [-0.2, 0) is 9.53 Å². The second-order valence-electron chi connectivity index (χ2n) is 4.68. The molecule has 16 heavy (non-hydrogen) atoms. The predicted molar refractivity (Wildman–Crippen MR) is 61.3 cm³/mol. The molecule has 0 amide bonds. The third-order valence-corrected chi connectivity index (χ3v) is 3.43. The highest BCUT2D eigenvalue weighted by Crippen LogP contribution is 2.30. The van der Waals surface area contributed by atoms with E-state index in [2.05, 4.69) is 4.90 Å². The van der Waals surface area contributed by atoms with Crippen LogP contribution in [0.3, 0.4) is 0 Å². The summed E-state index contributed by atoms with van der Waals surface area (Å²) >= 11 is 0. The molecule has 1 aliphatic rings. The average Bonchev–Trinajstić information content (AvgIpc) is 2.63. The summed E-state index contributed by atoms with van der Waals surface area (Å²) in [5.41, 5.74) is 4.82. The third kappa shape index (κ3) is 3.17. The molecule has 0 spiro atoms. The number of hydrogen-bond acceptors (Lipinski definition) is 4. The second kappa shape index (κ2) is 5.61. The van der Waals surface area contributed by atoms with Gasteiger partial charge in [-0.05, 0) is 32.7 Å². The van der Waals surface area contributed by atoms with Gasteiger partial charge in [0.25, 0.3) is 0 Å². The van der Waals surface area contributed by atoms with Crippen LogP contribution in [0, 0.1) is 0 Å². The summed E-state index contributed by atoms with van der Waals surface area (Å²) in [5, 5.41) is 9.02. The van der Waals surface area contributed by atoms with E-state index < -0.39 is 11.5 Å². The zero-order chi connectivity index (χ0) is 12.2. The molecule has 5 nitrogen and oxygen atoms in total. The third-order valence-electron chi connectivity index (χ3n) is 3.43. The molecule has 1 rings (SSSR count). The first kappa shape index (κ1) is 13.4. The Morgan fingerprint density at radius 1 is 1.69 bits per heavy atom. The van der Waals surface area contributed by atoms with Crippen LogP contribution >= 0.6 is 0 Å². The summed E-state index contributed by atoms with van der Waals surface area (Å²) in [4.78, 5) is 13.2. The average molecular weight is 230 g/mol. The first-order chi connectivity index (χ1) is 7.49. The van der Waals surface area contributed by atoms with Crippen molar-refractivity contribution in [2.75, 3.05) is 27.3 Å². The van der Waals surface area contributed by atoms with Crippen molar-refractivity contribution >= 4 is 5.97 Å². The van der Waals surface area contributed by atoms with Crippen LogP contribution in [-0.4, -0.2) is 54.9 Å². The minimum absolute atomic E-state index is 0.290. The maximum absolute atomic E-state index is 11.0. The predicted octanol–water partition coefficient (Wildman–Crippen LogP) is 0.289. The molecule has 0 heterocycles. The van der Waals surface area contributed by atoms with E-state index in [-0.39, 0.29) is 6.04 Å². The Morgan fingerprint density at radius 3 is 2.88 bits per heavy atom. The van der Waals surface area contributed by atoms with E-state index in [0.717, 1.165) is 26.0 Å². The van der Waals surface area contributed by atoms with E-state index in [1.54, 1.807) is 7.11 Å². The molecule has 0 saturated heterocycles. The normalized spacial score (nSPS) is 29.9. The summed E-state index contributed by atoms with van der Waals surface area (Å²) in [6.07, 6.45) is 2.95. The fraction of sp³-hybridized carbons (Fsp3) is 0.909. The lowest BCUT2D eigenvalue weighted by atomic mass is 9.99. The summed E-state index contributed by atoms with van der Waals surface area (Å²) in [7, 11) is 3.71.